The Hall–Kier alpha value is -1.10. The average Bonchev–Trinajstić information content (AvgIpc) is 2.76. The van der Waals surface area contributed by atoms with Crippen molar-refractivity contribution in [2.45, 2.75) is 59.0 Å². The van der Waals surface area contributed by atoms with Gasteiger partial charge in [-0.15, -0.1) is 5.10 Å². The summed E-state index contributed by atoms with van der Waals surface area (Å²) >= 11 is 0. The average molecular weight is 266 g/mol. The van der Waals surface area contributed by atoms with E-state index >= 15 is 0 Å². The fourth-order valence-corrected chi connectivity index (χ4v) is 2.59. The summed E-state index contributed by atoms with van der Waals surface area (Å²) in [7, 11) is 0. The van der Waals surface area contributed by atoms with Crippen molar-refractivity contribution in [1.29, 1.82) is 0 Å². The highest BCUT2D eigenvalue weighted by atomic mass is 16.4. The molecule has 1 aliphatic rings. The van der Waals surface area contributed by atoms with E-state index in [-0.39, 0.29) is 0 Å². The number of nitrogens with zero attached hydrogens (tertiary/aromatic N) is 2. The molecule has 1 fully saturated rings. The van der Waals surface area contributed by atoms with Crippen LogP contribution in [0.5, 0.6) is 0 Å². The maximum absolute atomic E-state index is 5.61. The van der Waals surface area contributed by atoms with E-state index in [0.717, 1.165) is 12.5 Å². The van der Waals surface area contributed by atoms with E-state index in [0.29, 0.717) is 30.4 Å². The van der Waals surface area contributed by atoms with Crippen LogP contribution in [0.3, 0.4) is 0 Å². The maximum atomic E-state index is 5.61. The van der Waals surface area contributed by atoms with Crippen LogP contribution in [0.25, 0.3) is 0 Å². The Labute approximate surface area is 115 Å². The molecule has 1 heterocycles. The number of nitrogens with one attached hydrogen (secondary N) is 2. The zero-order valence-electron chi connectivity index (χ0n) is 12.3. The first-order valence-corrected chi connectivity index (χ1v) is 7.43. The molecule has 2 rings (SSSR count). The van der Waals surface area contributed by atoms with Gasteiger partial charge in [0.2, 0.25) is 5.89 Å². The van der Waals surface area contributed by atoms with Gasteiger partial charge in [-0.1, -0.05) is 38.7 Å². The molecule has 0 radical (unpaired) electrons. The van der Waals surface area contributed by atoms with Gasteiger partial charge in [0, 0.05) is 6.04 Å². The zero-order chi connectivity index (χ0) is 13.7. The van der Waals surface area contributed by atoms with Crippen LogP contribution in [-0.4, -0.2) is 22.8 Å². The van der Waals surface area contributed by atoms with Gasteiger partial charge in [0.1, 0.15) is 0 Å². The summed E-state index contributed by atoms with van der Waals surface area (Å²) in [5, 5.41) is 14.8. The first kappa shape index (κ1) is 14.3. The fraction of sp³-hybridized carbons (Fsp3) is 0.857. The first-order valence-electron chi connectivity index (χ1n) is 7.43. The van der Waals surface area contributed by atoms with Crippen LogP contribution in [0, 0.1) is 11.8 Å². The van der Waals surface area contributed by atoms with Crippen molar-refractivity contribution in [2.75, 3.05) is 11.9 Å². The van der Waals surface area contributed by atoms with Gasteiger partial charge in [0.15, 0.2) is 0 Å². The molecule has 0 bridgehead atoms. The van der Waals surface area contributed by atoms with Gasteiger partial charge in [0.25, 0.3) is 0 Å². The molecule has 2 N–H and O–H groups in total. The molecule has 5 heteroatoms. The van der Waals surface area contributed by atoms with Crippen molar-refractivity contribution in [2.24, 2.45) is 11.8 Å². The lowest BCUT2D eigenvalue weighted by Crippen LogP contribution is -2.26. The molecule has 0 aromatic carbocycles. The van der Waals surface area contributed by atoms with Crippen LogP contribution in [0.15, 0.2) is 4.42 Å². The quantitative estimate of drug-likeness (QED) is 0.829. The molecule has 5 nitrogen and oxygen atoms in total. The van der Waals surface area contributed by atoms with Gasteiger partial charge in [0.05, 0.1) is 6.54 Å². The van der Waals surface area contributed by atoms with Crippen LogP contribution in [0.4, 0.5) is 6.01 Å². The second-order valence-electron chi connectivity index (χ2n) is 6.14. The topological polar surface area (TPSA) is 63.0 Å². The zero-order valence-corrected chi connectivity index (χ0v) is 12.3. The molecule has 19 heavy (non-hydrogen) atoms. The van der Waals surface area contributed by atoms with E-state index in [1.165, 1.54) is 25.7 Å². The molecule has 0 saturated heterocycles. The lowest BCUT2D eigenvalue weighted by atomic mass is 9.87. The highest BCUT2D eigenvalue weighted by Gasteiger charge is 2.20. The Balaban J connectivity index is 1.77. The van der Waals surface area contributed by atoms with Crippen LogP contribution >= 0.6 is 0 Å². The summed E-state index contributed by atoms with van der Waals surface area (Å²) in [4.78, 5) is 0. The van der Waals surface area contributed by atoms with E-state index in [9.17, 15) is 0 Å². The largest absolute Gasteiger partial charge is 0.407 e. The van der Waals surface area contributed by atoms with Crippen LogP contribution in [0.2, 0.25) is 0 Å². The Kier molecular flexibility index (Phi) is 5.19. The summed E-state index contributed by atoms with van der Waals surface area (Å²) in [6.45, 7) is 8.28. The number of hydrogen-bond acceptors (Lipinski definition) is 5. The van der Waals surface area contributed by atoms with Crippen LogP contribution in [0.1, 0.15) is 52.3 Å². The number of hydrogen-bond donors (Lipinski definition) is 2. The van der Waals surface area contributed by atoms with E-state index in [1.807, 2.05) is 0 Å². The van der Waals surface area contributed by atoms with E-state index < -0.39 is 0 Å². The lowest BCUT2D eigenvalue weighted by Gasteiger charge is -2.26. The molecule has 2 atom stereocenters. The Morgan fingerprint density at radius 3 is 2.89 bits per heavy atom. The summed E-state index contributed by atoms with van der Waals surface area (Å²) in [5.74, 6) is 2.08. The smallest absolute Gasteiger partial charge is 0.315 e. The third-order valence-electron chi connectivity index (χ3n) is 3.56. The van der Waals surface area contributed by atoms with E-state index in [4.69, 9.17) is 4.42 Å². The van der Waals surface area contributed by atoms with Gasteiger partial charge in [-0.2, -0.15) is 0 Å². The monoisotopic (exact) mass is 266 g/mol. The molecule has 1 aliphatic carbocycles. The second kappa shape index (κ2) is 6.89. The molecule has 1 aromatic heterocycles. The van der Waals surface area contributed by atoms with E-state index in [2.05, 4.69) is 41.6 Å². The van der Waals surface area contributed by atoms with Crippen LogP contribution < -0.4 is 10.6 Å². The third kappa shape index (κ3) is 4.82. The minimum Gasteiger partial charge on any atom is -0.407 e. The van der Waals surface area contributed by atoms with Gasteiger partial charge < -0.3 is 15.1 Å². The summed E-state index contributed by atoms with van der Waals surface area (Å²) in [6, 6.07) is 1.06. The molecular formula is C14H26N4O. The van der Waals surface area contributed by atoms with Crippen molar-refractivity contribution in [3.05, 3.63) is 5.89 Å². The number of rotatable bonds is 6. The predicted octanol–water partition coefficient (Wildman–Crippen LogP) is 2.81. The maximum Gasteiger partial charge on any atom is 0.315 e. The normalized spacial score (nSPS) is 23.8. The lowest BCUT2D eigenvalue weighted by molar-refractivity contribution is 0.352. The molecule has 0 amide bonds. The van der Waals surface area contributed by atoms with Crippen LogP contribution in [-0.2, 0) is 6.54 Å². The Morgan fingerprint density at radius 1 is 1.32 bits per heavy atom. The highest BCUT2D eigenvalue weighted by Crippen LogP contribution is 2.25. The summed E-state index contributed by atoms with van der Waals surface area (Å²) in [5.41, 5.74) is 0. The second-order valence-corrected chi connectivity index (χ2v) is 6.14. The van der Waals surface area contributed by atoms with Gasteiger partial charge >= 0.3 is 6.01 Å². The van der Waals surface area contributed by atoms with Crippen molar-refractivity contribution in [3.63, 3.8) is 0 Å². The standard InChI is InChI=1S/C14H26N4O/c1-10(2)8-15-9-13-17-18-14(19-13)16-12-6-4-5-11(3)7-12/h10-12,15H,4-9H2,1-3H3,(H,16,18). The SMILES string of the molecule is CC(C)CNCc1nnc(NC2CCCC(C)C2)o1. The minimum absolute atomic E-state index is 0.487. The predicted molar refractivity (Wildman–Crippen MR) is 75.9 cm³/mol. The first-order chi connectivity index (χ1) is 9.13. The molecular weight excluding hydrogens is 240 g/mol. The van der Waals surface area contributed by atoms with Gasteiger partial charge in [-0.25, -0.2) is 0 Å². The Morgan fingerprint density at radius 2 is 2.16 bits per heavy atom. The molecule has 0 aliphatic heterocycles. The van der Waals surface area contributed by atoms with Crippen molar-refractivity contribution in [1.82, 2.24) is 15.5 Å². The number of anilines is 1. The number of aromatic nitrogens is 2. The highest BCUT2D eigenvalue weighted by molar-refractivity contribution is 5.19. The Bertz CT molecular complexity index is 377. The summed E-state index contributed by atoms with van der Waals surface area (Å²) < 4.78 is 5.61. The molecule has 108 valence electrons. The third-order valence-corrected chi connectivity index (χ3v) is 3.56. The minimum atomic E-state index is 0.487. The van der Waals surface area contributed by atoms with E-state index in [1.54, 1.807) is 0 Å². The van der Waals surface area contributed by atoms with Crippen molar-refractivity contribution < 1.29 is 4.42 Å². The summed E-state index contributed by atoms with van der Waals surface area (Å²) in [6.07, 6.45) is 5.03. The van der Waals surface area contributed by atoms with Gasteiger partial charge in [-0.3, -0.25) is 0 Å². The fourth-order valence-electron chi connectivity index (χ4n) is 2.59. The molecule has 0 spiro atoms. The van der Waals surface area contributed by atoms with Crippen molar-refractivity contribution in [3.8, 4) is 0 Å². The van der Waals surface area contributed by atoms with Crippen molar-refractivity contribution >= 4 is 6.01 Å². The molecule has 1 saturated carbocycles. The molecule has 1 aromatic rings. The van der Waals surface area contributed by atoms with Gasteiger partial charge in [-0.05, 0) is 31.2 Å². The molecule has 2 unspecified atom stereocenters.